The second-order valence-electron chi connectivity index (χ2n) is 8.44. The Kier molecular flexibility index (Phi) is 6.07. The average Bonchev–Trinajstić information content (AvgIpc) is 3.24. The minimum Gasteiger partial charge on any atom is -0.368 e. The van der Waals surface area contributed by atoms with Crippen molar-refractivity contribution in [1.82, 2.24) is 14.9 Å². The summed E-state index contributed by atoms with van der Waals surface area (Å²) in [6.45, 7) is 2.93. The molecule has 0 saturated carbocycles. The minimum absolute atomic E-state index is 0.202. The van der Waals surface area contributed by atoms with E-state index in [0.29, 0.717) is 19.5 Å². The van der Waals surface area contributed by atoms with Gasteiger partial charge in [-0.2, -0.15) is 0 Å². The van der Waals surface area contributed by atoms with E-state index in [-0.39, 0.29) is 11.7 Å². The molecule has 33 heavy (non-hydrogen) atoms. The Morgan fingerprint density at radius 1 is 0.939 bits per heavy atom. The number of rotatable bonds is 6. The molecule has 2 aromatic heterocycles. The zero-order valence-corrected chi connectivity index (χ0v) is 18.5. The number of pyridine rings is 1. The maximum absolute atomic E-state index is 13.2. The molecule has 3 heterocycles. The number of halogens is 1. The molecule has 6 heteroatoms. The van der Waals surface area contributed by atoms with Crippen molar-refractivity contribution in [3.63, 3.8) is 0 Å². The largest absolute Gasteiger partial charge is 0.368 e. The van der Waals surface area contributed by atoms with Crippen molar-refractivity contribution < 1.29 is 9.18 Å². The molecule has 1 fully saturated rings. The molecule has 2 aromatic carbocycles. The highest BCUT2D eigenvalue weighted by Crippen LogP contribution is 2.30. The summed E-state index contributed by atoms with van der Waals surface area (Å²) < 4.78 is 13.2. The second kappa shape index (κ2) is 9.45. The third-order valence-corrected chi connectivity index (χ3v) is 6.38. The lowest BCUT2D eigenvalue weighted by atomic mass is 10.0. The van der Waals surface area contributed by atoms with Crippen LogP contribution in [-0.4, -0.2) is 47.0 Å². The van der Waals surface area contributed by atoms with Crippen LogP contribution >= 0.6 is 0 Å². The van der Waals surface area contributed by atoms with E-state index >= 15 is 0 Å². The Morgan fingerprint density at radius 2 is 1.70 bits per heavy atom. The number of aryl methyl sites for hydroxylation is 1. The molecule has 1 amide bonds. The molecule has 5 rings (SSSR count). The van der Waals surface area contributed by atoms with E-state index in [4.69, 9.17) is 0 Å². The molecule has 1 aliphatic heterocycles. The van der Waals surface area contributed by atoms with Crippen LogP contribution in [0.25, 0.3) is 22.3 Å². The summed E-state index contributed by atoms with van der Waals surface area (Å²) in [7, 11) is 0. The number of para-hydroxylation sites is 1. The summed E-state index contributed by atoms with van der Waals surface area (Å²) in [4.78, 5) is 25.1. The number of anilines is 1. The number of aromatic nitrogens is 2. The van der Waals surface area contributed by atoms with Gasteiger partial charge >= 0.3 is 0 Å². The van der Waals surface area contributed by atoms with E-state index in [1.807, 2.05) is 35.2 Å². The smallest absolute Gasteiger partial charge is 0.222 e. The quantitative estimate of drug-likeness (QED) is 0.455. The Balaban J connectivity index is 1.21. The Labute approximate surface area is 192 Å². The van der Waals surface area contributed by atoms with Crippen LogP contribution in [-0.2, 0) is 11.2 Å². The molecule has 1 aliphatic rings. The van der Waals surface area contributed by atoms with E-state index in [9.17, 15) is 9.18 Å². The lowest BCUT2D eigenvalue weighted by Gasteiger charge is -2.36. The van der Waals surface area contributed by atoms with Gasteiger partial charge in [-0.25, -0.2) is 4.39 Å². The van der Waals surface area contributed by atoms with Gasteiger partial charge in [0, 0.05) is 55.4 Å². The van der Waals surface area contributed by atoms with Crippen molar-refractivity contribution in [3.8, 4) is 11.4 Å². The molecule has 4 aromatic rings. The second-order valence-corrected chi connectivity index (χ2v) is 8.44. The van der Waals surface area contributed by atoms with Crippen molar-refractivity contribution in [2.24, 2.45) is 0 Å². The summed E-state index contributed by atoms with van der Waals surface area (Å²) in [5.74, 6) is -0.0260. The minimum atomic E-state index is -0.228. The standard InChI is InChI=1S/C27H27FN4O/c28-20-11-13-21(14-12-20)31-16-18-32(19-17-31)26(33)10-5-7-23-22-6-1-2-8-24(22)30-27(23)25-9-3-4-15-29-25/h1-4,6,8-9,11-15,30H,5,7,10,16-19H2. The molecule has 5 nitrogen and oxygen atoms in total. The lowest BCUT2D eigenvalue weighted by Crippen LogP contribution is -2.48. The van der Waals surface area contributed by atoms with E-state index in [1.165, 1.54) is 23.1 Å². The van der Waals surface area contributed by atoms with Gasteiger partial charge in [-0.3, -0.25) is 9.78 Å². The number of aromatic amines is 1. The molecule has 0 unspecified atom stereocenters. The fourth-order valence-electron chi connectivity index (χ4n) is 4.63. The fourth-order valence-corrected chi connectivity index (χ4v) is 4.63. The van der Waals surface area contributed by atoms with Crippen molar-refractivity contribution in [2.45, 2.75) is 19.3 Å². The molecule has 0 radical (unpaired) electrons. The van der Waals surface area contributed by atoms with Crippen LogP contribution in [0.1, 0.15) is 18.4 Å². The van der Waals surface area contributed by atoms with Gasteiger partial charge < -0.3 is 14.8 Å². The van der Waals surface area contributed by atoms with Crippen LogP contribution < -0.4 is 4.90 Å². The predicted octanol–water partition coefficient (Wildman–Crippen LogP) is 5.04. The summed E-state index contributed by atoms with van der Waals surface area (Å²) in [5, 5.41) is 1.19. The summed E-state index contributed by atoms with van der Waals surface area (Å²) >= 11 is 0. The van der Waals surface area contributed by atoms with Gasteiger partial charge in [-0.05, 0) is 60.9 Å². The SMILES string of the molecule is O=C(CCCc1c(-c2ccccn2)[nH]c2ccccc12)N1CCN(c2ccc(F)cc2)CC1. The van der Waals surface area contributed by atoms with Crippen LogP contribution in [0.15, 0.2) is 72.9 Å². The molecule has 168 valence electrons. The number of hydrogen-bond acceptors (Lipinski definition) is 3. The molecule has 1 N–H and O–H groups in total. The number of piperazine rings is 1. The van der Waals surface area contributed by atoms with Gasteiger partial charge in [0.2, 0.25) is 5.91 Å². The number of amides is 1. The highest BCUT2D eigenvalue weighted by atomic mass is 19.1. The van der Waals surface area contributed by atoms with Crippen molar-refractivity contribution in [3.05, 3.63) is 84.3 Å². The molecule has 0 aliphatic carbocycles. The highest BCUT2D eigenvalue weighted by Gasteiger charge is 2.21. The maximum Gasteiger partial charge on any atom is 0.222 e. The predicted molar refractivity (Wildman–Crippen MR) is 130 cm³/mol. The van der Waals surface area contributed by atoms with Crippen LogP contribution in [0.5, 0.6) is 0 Å². The zero-order valence-electron chi connectivity index (χ0n) is 18.5. The topological polar surface area (TPSA) is 52.2 Å². The first kappa shape index (κ1) is 21.2. The van der Waals surface area contributed by atoms with Crippen molar-refractivity contribution in [2.75, 3.05) is 31.1 Å². The Hall–Kier alpha value is -3.67. The summed E-state index contributed by atoms with van der Waals surface area (Å²) in [6, 6.07) is 20.8. The molecular formula is C27H27FN4O. The number of fused-ring (bicyclic) bond motifs is 1. The van der Waals surface area contributed by atoms with E-state index in [2.05, 4.69) is 27.0 Å². The third kappa shape index (κ3) is 4.60. The highest BCUT2D eigenvalue weighted by molar-refractivity contribution is 5.90. The van der Waals surface area contributed by atoms with Gasteiger partial charge in [0.1, 0.15) is 5.82 Å². The van der Waals surface area contributed by atoms with Crippen molar-refractivity contribution in [1.29, 1.82) is 0 Å². The lowest BCUT2D eigenvalue weighted by molar-refractivity contribution is -0.131. The van der Waals surface area contributed by atoms with Crippen LogP contribution in [0.4, 0.5) is 10.1 Å². The van der Waals surface area contributed by atoms with Gasteiger partial charge in [0.15, 0.2) is 0 Å². The molecule has 0 spiro atoms. The van der Waals surface area contributed by atoms with Crippen LogP contribution in [0.2, 0.25) is 0 Å². The van der Waals surface area contributed by atoms with Gasteiger partial charge in [-0.15, -0.1) is 0 Å². The summed E-state index contributed by atoms with van der Waals surface area (Å²) in [6.07, 6.45) is 3.94. The van der Waals surface area contributed by atoms with E-state index in [0.717, 1.165) is 48.5 Å². The van der Waals surface area contributed by atoms with E-state index < -0.39 is 0 Å². The fraction of sp³-hybridized carbons (Fsp3) is 0.259. The van der Waals surface area contributed by atoms with E-state index in [1.54, 1.807) is 18.3 Å². The number of benzene rings is 2. The summed E-state index contributed by atoms with van der Waals surface area (Å²) in [5.41, 5.74) is 5.28. The van der Waals surface area contributed by atoms with Crippen LogP contribution in [0, 0.1) is 5.82 Å². The molecule has 1 saturated heterocycles. The average molecular weight is 443 g/mol. The first-order valence-corrected chi connectivity index (χ1v) is 11.5. The normalized spacial score (nSPS) is 14.1. The number of carbonyl (C=O) groups excluding carboxylic acids is 1. The number of H-pyrrole nitrogens is 1. The van der Waals surface area contributed by atoms with Gasteiger partial charge in [0.05, 0.1) is 11.4 Å². The number of nitrogens with one attached hydrogen (secondary N) is 1. The van der Waals surface area contributed by atoms with Gasteiger partial charge in [0.25, 0.3) is 0 Å². The number of hydrogen-bond donors (Lipinski definition) is 1. The first-order valence-electron chi connectivity index (χ1n) is 11.5. The monoisotopic (exact) mass is 442 g/mol. The molecular weight excluding hydrogens is 415 g/mol. The molecule has 0 atom stereocenters. The van der Waals surface area contributed by atoms with Crippen LogP contribution in [0.3, 0.4) is 0 Å². The van der Waals surface area contributed by atoms with Crippen molar-refractivity contribution >= 4 is 22.5 Å². The number of carbonyl (C=O) groups is 1. The Morgan fingerprint density at radius 3 is 2.45 bits per heavy atom. The van der Waals surface area contributed by atoms with Gasteiger partial charge in [-0.1, -0.05) is 24.3 Å². The number of nitrogens with zero attached hydrogens (tertiary/aromatic N) is 3. The molecule has 0 bridgehead atoms. The first-order chi connectivity index (χ1) is 16.2. The zero-order chi connectivity index (χ0) is 22.6. The third-order valence-electron chi connectivity index (χ3n) is 6.38. The maximum atomic E-state index is 13.2. The Bertz CT molecular complexity index is 1230.